The molecule has 1 fully saturated rings. The van der Waals surface area contributed by atoms with Gasteiger partial charge in [0, 0.05) is 26.2 Å². The molecule has 0 aliphatic carbocycles. The molecule has 1 aliphatic rings. The number of carbonyl (C=O) groups excluding carboxylic acids is 2. The van der Waals surface area contributed by atoms with E-state index in [1.807, 2.05) is 0 Å². The minimum atomic E-state index is -3.65. The number of nitrogens with one attached hydrogen (secondary N) is 1. The van der Waals surface area contributed by atoms with E-state index < -0.39 is 10.0 Å². The number of hydrogen-bond acceptors (Lipinski definition) is 5. The van der Waals surface area contributed by atoms with E-state index in [1.54, 1.807) is 38.4 Å². The molecule has 30 heavy (non-hydrogen) atoms. The van der Waals surface area contributed by atoms with Crippen molar-refractivity contribution >= 4 is 27.5 Å². The highest BCUT2D eigenvalue weighted by atomic mass is 32.2. The molecular formula is C21H34N4O4S. The second-order valence-electron chi connectivity index (χ2n) is 7.98. The SMILES string of the molecule is CN(C)C(=O)c1ccc(N(CC(=O)NCCCN2CCCCCC2)S(C)(=O)=O)cc1. The van der Waals surface area contributed by atoms with Gasteiger partial charge in [0.15, 0.2) is 0 Å². The highest BCUT2D eigenvalue weighted by molar-refractivity contribution is 7.92. The Morgan fingerprint density at radius 2 is 1.63 bits per heavy atom. The summed E-state index contributed by atoms with van der Waals surface area (Å²) in [5.74, 6) is -0.514. The van der Waals surface area contributed by atoms with Crippen molar-refractivity contribution in [1.29, 1.82) is 0 Å². The first-order valence-corrected chi connectivity index (χ1v) is 12.3. The van der Waals surface area contributed by atoms with Crippen LogP contribution in [0.1, 0.15) is 42.5 Å². The lowest BCUT2D eigenvalue weighted by atomic mass is 10.2. The first-order chi connectivity index (χ1) is 14.2. The zero-order valence-corrected chi connectivity index (χ0v) is 19.1. The minimum absolute atomic E-state index is 0.172. The summed E-state index contributed by atoms with van der Waals surface area (Å²) >= 11 is 0. The smallest absolute Gasteiger partial charge is 0.253 e. The molecule has 1 N–H and O–H groups in total. The fraction of sp³-hybridized carbons (Fsp3) is 0.619. The molecule has 0 aromatic heterocycles. The van der Waals surface area contributed by atoms with Crippen molar-refractivity contribution < 1.29 is 18.0 Å². The van der Waals surface area contributed by atoms with Crippen LogP contribution in [0.25, 0.3) is 0 Å². The molecule has 8 nitrogen and oxygen atoms in total. The molecule has 1 saturated heterocycles. The fourth-order valence-corrected chi connectivity index (χ4v) is 4.36. The van der Waals surface area contributed by atoms with Gasteiger partial charge in [-0.2, -0.15) is 0 Å². The maximum absolute atomic E-state index is 12.4. The first-order valence-electron chi connectivity index (χ1n) is 10.5. The van der Waals surface area contributed by atoms with E-state index >= 15 is 0 Å². The summed E-state index contributed by atoms with van der Waals surface area (Å²) < 4.78 is 25.5. The second kappa shape index (κ2) is 11.3. The van der Waals surface area contributed by atoms with Crippen LogP contribution in [0.15, 0.2) is 24.3 Å². The molecule has 0 bridgehead atoms. The molecular weight excluding hydrogens is 404 g/mol. The van der Waals surface area contributed by atoms with Gasteiger partial charge in [-0.15, -0.1) is 0 Å². The molecule has 1 heterocycles. The van der Waals surface area contributed by atoms with Crippen LogP contribution < -0.4 is 9.62 Å². The lowest BCUT2D eigenvalue weighted by Crippen LogP contribution is -2.41. The average molecular weight is 439 g/mol. The quantitative estimate of drug-likeness (QED) is 0.591. The van der Waals surface area contributed by atoms with Crippen molar-refractivity contribution in [2.45, 2.75) is 32.1 Å². The zero-order valence-electron chi connectivity index (χ0n) is 18.3. The summed E-state index contributed by atoms with van der Waals surface area (Å²) in [5, 5.41) is 2.82. The summed E-state index contributed by atoms with van der Waals surface area (Å²) in [6, 6.07) is 6.22. The number of hydrogen-bond donors (Lipinski definition) is 1. The van der Waals surface area contributed by atoms with Crippen molar-refractivity contribution in [3.8, 4) is 0 Å². The molecule has 0 spiro atoms. The van der Waals surface area contributed by atoms with Crippen LogP contribution in [-0.2, 0) is 14.8 Å². The third kappa shape index (κ3) is 7.60. The molecule has 2 amide bonds. The van der Waals surface area contributed by atoms with E-state index in [2.05, 4.69) is 10.2 Å². The van der Waals surface area contributed by atoms with Gasteiger partial charge in [0.2, 0.25) is 15.9 Å². The summed E-state index contributed by atoms with van der Waals surface area (Å²) in [4.78, 5) is 28.2. The summed E-state index contributed by atoms with van der Waals surface area (Å²) in [6.07, 6.45) is 6.95. The third-order valence-corrected chi connectivity index (χ3v) is 6.31. The van der Waals surface area contributed by atoms with Crippen LogP contribution in [0.4, 0.5) is 5.69 Å². The standard InChI is InChI=1S/C21H34N4O4S/c1-23(2)21(27)18-9-11-19(12-10-18)25(30(3,28)29)17-20(26)22-13-8-16-24-14-6-4-5-7-15-24/h9-12H,4-8,13-17H2,1-3H3,(H,22,26). The Kier molecular flexibility index (Phi) is 9.10. The van der Waals surface area contributed by atoms with Crippen molar-refractivity contribution in [2.75, 3.05) is 57.4 Å². The van der Waals surface area contributed by atoms with Crippen LogP contribution in [-0.4, -0.2) is 83.1 Å². The number of nitrogens with zero attached hydrogens (tertiary/aromatic N) is 3. The van der Waals surface area contributed by atoms with Gasteiger partial charge in [-0.3, -0.25) is 13.9 Å². The average Bonchev–Trinajstić information content (AvgIpc) is 2.97. The minimum Gasteiger partial charge on any atom is -0.354 e. The van der Waals surface area contributed by atoms with Crippen LogP contribution in [0.3, 0.4) is 0 Å². The highest BCUT2D eigenvalue weighted by Gasteiger charge is 2.21. The van der Waals surface area contributed by atoms with E-state index in [1.165, 1.54) is 30.6 Å². The van der Waals surface area contributed by atoms with E-state index in [9.17, 15) is 18.0 Å². The van der Waals surface area contributed by atoms with Gasteiger partial charge in [-0.05, 0) is 63.2 Å². The van der Waals surface area contributed by atoms with Gasteiger partial charge in [-0.1, -0.05) is 12.8 Å². The molecule has 0 saturated carbocycles. The van der Waals surface area contributed by atoms with Crippen molar-refractivity contribution in [1.82, 2.24) is 15.1 Å². The molecule has 1 aromatic rings. The fourth-order valence-electron chi connectivity index (χ4n) is 3.51. The third-order valence-electron chi connectivity index (χ3n) is 5.17. The van der Waals surface area contributed by atoms with Crippen LogP contribution in [0.5, 0.6) is 0 Å². The number of carbonyl (C=O) groups is 2. The predicted molar refractivity (Wildman–Crippen MR) is 119 cm³/mol. The van der Waals surface area contributed by atoms with E-state index in [4.69, 9.17) is 0 Å². The Balaban J connectivity index is 1.89. The van der Waals surface area contributed by atoms with Gasteiger partial charge in [0.05, 0.1) is 11.9 Å². The maximum atomic E-state index is 12.4. The van der Waals surface area contributed by atoms with E-state index in [-0.39, 0.29) is 18.4 Å². The van der Waals surface area contributed by atoms with Gasteiger partial charge in [0.1, 0.15) is 6.54 Å². The number of anilines is 1. The Labute approximate surface area is 180 Å². The number of rotatable bonds is 9. The van der Waals surface area contributed by atoms with E-state index in [0.29, 0.717) is 17.8 Å². The van der Waals surface area contributed by atoms with Crippen LogP contribution in [0, 0.1) is 0 Å². The molecule has 0 radical (unpaired) electrons. The summed E-state index contributed by atoms with van der Waals surface area (Å²) in [7, 11) is -0.347. The zero-order chi connectivity index (χ0) is 22.1. The highest BCUT2D eigenvalue weighted by Crippen LogP contribution is 2.18. The lowest BCUT2D eigenvalue weighted by molar-refractivity contribution is -0.119. The molecule has 1 aromatic carbocycles. The van der Waals surface area contributed by atoms with Gasteiger partial charge >= 0.3 is 0 Å². The molecule has 9 heteroatoms. The van der Waals surface area contributed by atoms with E-state index in [0.717, 1.165) is 36.6 Å². The predicted octanol–water partition coefficient (Wildman–Crippen LogP) is 1.54. The Morgan fingerprint density at radius 1 is 1.03 bits per heavy atom. The normalized spacial score (nSPS) is 15.3. The van der Waals surface area contributed by atoms with Crippen LogP contribution >= 0.6 is 0 Å². The summed E-state index contributed by atoms with van der Waals surface area (Å²) in [5.41, 5.74) is 0.808. The molecule has 2 rings (SSSR count). The molecule has 0 atom stereocenters. The van der Waals surface area contributed by atoms with Crippen molar-refractivity contribution in [2.24, 2.45) is 0 Å². The van der Waals surface area contributed by atoms with Crippen molar-refractivity contribution in [3.05, 3.63) is 29.8 Å². The molecule has 168 valence electrons. The number of amides is 2. The Morgan fingerprint density at radius 3 is 2.17 bits per heavy atom. The number of sulfonamides is 1. The maximum Gasteiger partial charge on any atom is 0.253 e. The Hall–Kier alpha value is -2.13. The first kappa shape index (κ1) is 24.1. The number of benzene rings is 1. The second-order valence-corrected chi connectivity index (χ2v) is 9.88. The van der Waals surface area contributed by atoms with Gasteiger partial charge in [-0.25, -0.2) is 8.42 Å². The number of likely N-dealkylation sites (tertiary alicyclic amines) is 1. The topological polar surface area (TPSA) is 90.0 Å². The van der Waals surface area contributed by atoms with Gasteiger partial charge in [0.25, 0.3) is 5.91 Å². The lowest BCUT2D eigenvalue weighted by Gasteiger charge is -2.23. The summed E-state index contributed by atoms with van der Waals surface area (Å²) in [6.45, 7) is 3.40. The van der Waals surface area contributed by atoms with Crippen molar-refractivity contribution in [3.63, 3.8) is 0 Å². The monoisotopic (exact) mass is 438 g/mol. The molecule has 1 aliphatic heterocycles. The molecule has 0 unspecified atom stereocenters. The Bertz CT molecular complexity index is 801. The largest absolute Gasteiger partial charge is 0.354 e. The van der Waals surface area contributed by atoms with Crippen LogP contribution in [0.2, 0.25) is 0 Å². The van der Waals surface area contributed by atoms with Gasteiger partial charge < -0.3 is 15.1 Å².